The van der Waals surface area contributed by atoms with E-state index in [1.165, 1.54) is 0 Å². The molecule has 7 heavy (non-hydrogen) atoms. The van der Waals surface area contributed by atoms with Gasteiger partial charge in [-0.1, -0.05) is 11.6 Å². The minimum absolute atomic E-state index is 0.545. The van der Waals surface area contributed by atoms with Crippen molar-refractivity contribution in [1.82, 2.24) is 0 Å². The van der Waals surface area contributed by atoms with Gasteiger partial charge in [-0.05, 0) is 0 Å². The number of amides is 1. The van der Waals surface area contributed by atoms with Crippen LogP contribution in [-0.2, 0) is 4.79 Å². The Morgan fingerprint density at radius 2 is 2.43 bits per heavy atom. The molecule has 0 bridgehead atoms. The van der Waals surface area contributed by atoms with Gasteiger partial charge in [0.25, 0.3) is 0 Å². The number of nitrogens with two attached hydrogens (primary N) is 1. The number of halogens is 1. The fourth-order valence-corrected chi connectivity index (χ4v) is 0.177. The summed E-state index contributed by atoms with van der Waals surface area (Å²) in [6, 6.07) is 0. The van der Waals surface area contributed by atoms with Crippen LogP contribution in [0.1, 0.15) is 0 Å². The van der Waals surface area contributed by atoms with Crippen molar-refractivity contribution >= 4 is 17.5 Å². The molecule has 0 aromatic heterocycles. The van der Waals surface area contributed by atoms with E-state index in [1.54, 1.807) is 0 Å². The van der Waals surface area contributed by atoms with E-state index in [4.69, 9.17) is 11.6 Å². The van der Waals surface area contributed by atoms with Crippen molar-refractivity contribution < 1.29 is 4.79 Å². The highest BCUT2D eigenvalue weighted by Gasteiger charge is 1.73. The molecular weight excluding hydrogens is 114 g/mol. The first kappa shape index (κ1) is 6.28. The summed E-state index contributed by atoms with van der Waals surface area (Å²) in [5.41, 5.74) is 8.02. The predicted molar refractivity (Wildman–Crippen MR) is 27.7 cm³/mol. The van der Waals surface area contributed by atoms with Gasteiger partial charge in [-0.2, -0.15) is 0 Å². The maximum atomic E-state index is 9.78. The Hall–Kier alpha value is -0.720. The molecule has 38 valence electrons. The lowest BCUT2D eigenvalue weighted by molar-refractivity contribution is -0.113. The Morgan fingerprint density at radius 3 is 2.57 bits per heavy atom. The summed E-state index contributed by atoms with van der Waals surface area (Å²) in [6.45, 7) is 0. The van der Waals surface area contributed by atoms with Gasteiger partial charge in [0.2, 0.25) is 5.91 Å². The maximum absolute atomic E-state index is 9.78. The van der Waals surface area contributed by atoms with E-state index in [9.17, 15) is 4.79 Å². The molecule has 0 heterocycles. The van der Waals surface area contributed by atoms with E-state index in [-0.39, 0.29) is 0 Å². The molecule has 0 aliphatic rings. The minimum atomic E-state index is -0.545. The lowest BCUT2D eigenvalue weighted by Gasteiger charge is -1.67. The molecule has 0 aromatic carbocycles. The molecule has 0 unspecified atom stereocenters. The maximum Gasteiger partial charge on any atom is 0.249 e. The van der Waals surface area contributed by atoms with Crippen LogP contribution < -0.4 is 5.73 Å². The van der Waals surface area contributed by atoms with Crippen LogP contribution in [0.2, 0.25) is 0 Å². The summed E-state index contributed by atoms with van der Waals surface area (Å²) >= 11 is 4.97. The van der Waals surface area contributed by atoms with E-state index in [0.717, 1.165) is 11.6 Å². The van der Waals surface area contributed by atoms with Gasteiger partial charge in [0.15, 0.2) is 0 Å². The number of hydrogen-bond donors (Lipinski definition) is 1. The average Bonchev–Trinajstić information content (AvgIpc) is 1.61. The standard InChI is InChI=1S/C4H4ClNO/c5-3-1-2-4(6)7/h2-3H,(H2,6,7). The fourth-order valence-electron chi connectivity index (χ4n) is 0.114. The Bertz CT molecular complexity index is 124. The Balaban J connectivity index is 3.70. The molecule has 0 saturated carbocycles. The van der Waals surface area contributed by atoms with Gasteiger partial charge in [-0.25, -0.2) is 0 Å². The smallest absolute Gasteiger partial charge is 0.249 e. The van der Waals surface area contributed by atoms with Crippen molar-refractivity contribution in [2.45, 2.75) is 0 Å². The van der Waals surface area contributed by atoms with Crippen molar-refractivity contribution in [3.63, 3.8) is 0 Å². The number of primary amides is 1. The highest BCUT2D eigenvalue weighted by Crippen LogP contribution is 1.70. The number of hydrogen-bond acceptors (Lipinski definition) is 1. The van der Waals surface area contributed by atoms with Crippen LogP contribution in [0.25, 0.3) is 0 Å². The lowest BCUT2D eigenvalue weighted by atomic mass is 10.6. The highest BCUT2D eigenvalue weighted by molar-refractivity contribution is 6.25. The van der Waals surface area contributed by atoms with Crippen LogP contribution in [0.3, 0.4) is 0 Å². The molecule has 0 aromatic rings. The lowest BCUT2D eigenvalue weighted by Crippen LogP contribution is -2.04. The second-order valence-electron chi connectivity index (χ2n) is 0.822. The third-order valence-corrected chi connectivity index (χ3v) is 0.415. The van der Waals surface area contributed by atoms with Gasteiger partial charge in [0.05, 0.1) is 0 Å². The molecule has 0 rings (SSSR count). The van der Waals surface area contributed by atoms with Gasteiger partial charge >= 0.3 is 0 Å². The molecule has 2 N–H and O–H groups in total. The summed E-state index contributed by atoms with van der Waals surface area (Å²) in [7, 11) is 0. The SMILES string of the molecule is NC(=O)C=C=CCl. The zero-order chi connectivity index (χ0) is 5.70. The monoisotopic (exact) mass is 117 g/mol. The van der Waals surface area contributed by atoms with E-state index in [2.05, 4.69) is 11.5 Å². The molecule has 0 aliphatic carbocycles. The Kier molecular flexibility index (Phi) is 3.11. The molecule has 0 aliphatic heterocycles. The van der Waals surface area contributed by atoms with E-state index in [0.29, 0.717) is 0 Å². The summed E-state index contributed by atoms with van der Waals surface area (Å²) in [4.78, 5) is 9.78. The molecule has 0 spiro atoms. The molecule has 2 nitrogen and oxygen atoms in total. The highest BCUT2D eigenvalue weighted by atomic mass is 35.5. The zero-order valence-corrected chi connectivity index (χ0v) is 4.27. The first-order chi connectivity index (χ1) is 3.27. The van der Waals surface area contributed by atoms with Crippen LogP contribution in [-0.4, -0.2) is 5.91 Å². The third kappa shape index (κ3) is 5.28. The van der Waals surface area contributed by atoms with Gasteiger partial charge in [0, 0.05) is 11.6 Å². The van der Waals surface area contributed by atoms with Gasteiger partial charge in [-0.15, -0.1) is 5.73 Å². The van der Waals surface area contributed by atoms with E-state index >= 15 is 0 Å². The van der Waals surface area contributed by atoms with Crippen LogP contribution in [0.15, 0.2) is 17.3 Å². The molecule has 0 radical (unpaired) electrons. The third-order valence-electron chi connectivity index (χ3n) is 0.289. The number of carbonyl (C=O) groups excluding carboxylic acids is 1. The summed E-state index contributed by atoms with van der Waals surface area (Å²) in [5, 5.41) is 0. The Labute approximate surface area is 46.3 Å². The normalized spacial score (nSPS) is 6.43. The molecule has 0 fully saturated rings. The summed E-state index contributed by atoms with van der Waals surface area (Å²) < 4.78 is 0. The second kappa shape index (κ2) is 3.47. The zero-order valence-electron chi connectivity index (χ0n) is 3.52. The molecule has 1 amide bonds. The van der Waals surface area contributed by atoms with Gasteiger partial charge in [0.1, 0.15) is 0 Å². The van der Waals surface area contributed by atoms with E-state index in [1.807, 2.05) is 0 Å². The first-order valence-electron chi connectivity index (χ1n) is 1.58. The quantitative estimate of drug-likeness (QED) is 0.392. The number of rotatable bonds is 1. The average molecular weight is 118 g/mol. The number of carbonyl (C=O) groups is 1. The topological polar surface area (TPSA) is 43.1 Å². The van der Waals surface area contributed by atoms with Crippen molar-refractivity contribution in [3.05, 3.63) is 17.3 Å². The summed E-state index contributed by atoms with van der Waals surface area (Å²) in [5.74, 6) is -0.545. The van der Waals surface area contributed by atoms with Crippen molar-refractivity contribution in [2.75, 3.05) is 0 Å². The van der Waals surface area contributed by atoms with Crippen LogP contribution in [0.4, 0.5) is 0 Å². The molecule has 0 saturated heterocycles. The van der Waals surface area contributed by atoms with Crippen molar-refractivity contribution in [1.29, 1.82) is 0 Å². The fraction of sp³-hybridized carbons (Fsp3) is 0. The largest absolute Gasteiger partial charge is 0.366 e. The van der Waals surface area contributed by atoms with Crippen LogP contribution in [0, 0.1) is 0 Å². The van der Waals surface area contributed by atoms with Gasteiger partial charge < -0.3 is 5.73 Å². The van der Waals surface area contributed by atoms with Crippen molar-refractivity contribution in [2.24, 2.45) is 5.73 Å². The Morgan fingerprint density at radius 1 is 1.86 bits per heavy atom. The van der Waals surface area contributed by atoms with E-state index < -0.39 is 5.91 Å². The van der Waals surface area contributed by atoms with Crippen molar-refractivity contribution in [3.8, 4) is 0 Å². The molecule has 0 atom stereocenters. The van der Waals surface area contributed by atoms with Crippen LogP contribution >= 0.6 is 11.6 Å². The second-order valence-corrected chi connectivity index (χ2v) is 1.04. The summed E-state index contributed by atoms with van der Waals surface area (Å²) in [6.07, 6.45) is 1.05. The first-order valence-corrected chi connectivity index (χ1v) is 2.01. The van der Waals surface area contributed by atoms with Gasteiger partial charge in [-0.3, -0.25) is 4.79 Å². The van der Waals surface area contributed by atoms with Crippen LogP contribution in [0.5, 0.6) is 0 Å². The minimum Gasteiger partial charge on any atom is -0.366 e. The molecule has 3 heteroatoms. The predicted octanol–water partition coefficient (Wildman–Crippen LogP) is 0.379. The molecular formula is C4H4ClNO.